The summed E-state index contributed by atoms with van der Waals surface area (Å²) < 4.78 is 0. The molecule has 158 valence electrons. The van der Waals surface area contributed by atoms with Gasteiger partial charge < -0.3 is 30.6 Å². The fraction of sp³-hybridized carbons (Fsp3) is 0.444. The molecule has 0 heterocycles. The Morgan fingerprint density at radius 1 is 0.750 bits per heavy atom. The highest BCUT2D eigenvalue weighted by atomic mass is 16.5. The van der Waals surface area contributed by atoms with E-state index in [0.29, 0.717) is 19.3 Å². The molecule has 0 saturated heterocycles. The molecule has 0 aliphatic heterocycles. The third-order valence-corrected chi connectivity index (χ3v) is 2.96. The van der Waals surface area contributed by atoms with Gasteiger partial charge in [0.1, 0.15) is 0 Å². The normalized spacial score (nSPS) is 9.43. The molecule has 0 unspecified atom stereocenters. The van der Waals surface area contributed by atoms with Crippen molar-refractivity contribution in [2.45, 2.75) is 51.7 Å². The van der Waals surface area contributed by atoms with Crippen LogP contribution in [-0.4, -0.2) is 60.8 Å². The molecule has 0 aromatic heterocycles. The molecule has 0 bridgehead atoms. The first-order chi connectivity index (χ1) is 13.0. The minimum atomic E-state index is -1.10. The van der Waals surface area contributed by atoms with Gasteiger partial charge in [-0.25, -0.2) is 9.59 Å². The van der Waals surface area contributed by atoms with Gasteiger partial charge in [-0.3, -0.25) is 9.59 Å². The van der Waals surface area contributed by atoms with Crippen LogP contribution in [0.3, 0.4) is 0 Å². The number of aliphatic carboxylic acids is 2. The van der Waals surface area contributed by atoms with E-state index in [9.17, 15) is 19.2 Å². The van der Waals surface area contributed by atoms with E-state index in [-0.39, 0.29) is 24.0 Å². The molecule has 0 amide bonds. The van der Waals surface area contributed by atoms with Crippen molar-refractivity contribution in [2.75, 3.05) is 0 Å². The van der Waals surface area contributed by atoms with Crippen molar-refractivity contribution in [2.24, 2.45) is 0 Å². The molecule has 1 rings (SSSR count). The van der Waals surface area contributed by atoms with Gasteiger partial charge in [-0.15, -0.1) is 0 Å². The number of aliphatic hydroxyl groups is 2. The van der Waals surface area contributed by atoms with Gasteiger partial charge in [-0.2, -0.15) is 0 Å². The first kappa shape index (κ1) is 27.2. The topological polar surface area (TPSA) is 190 Å². The van der Waals surface area contributed by atoms with Gasteiger partial charge in [0.05, 0.1) is 11.1 Å². The van der Waals surface area contributed by atoms with Gasteiger partial charge in [-0.1, -0.05) is 13.3 Å². The largest absolute Gasteiger partial charge is 0.481 e. The molecule has 28 heavy (non-hydrogen) atoms. The highest BCUT2D eigenvalue weighted by Crippen LogP contribution is 2.03. The van der Waals surface area contributed by atoms with Gasteiger partial charge in [-0.05, 0) is 43.5 Å². The van der Waals surface area contributed by atoms with Crippen LogP contribution in [0.25, 0.3) is 0 Å². The Labute approximate surface area is 161 Å². The highest BCUT2D eigenvalue weighted by Gasteiger charge is 2.04. The van der Waals surface area contributed by atoms with Crippen LogP contribution in [0.1, 0.15) is 66.2 Å². The van der Waals surface area contributed by atoms with Crippen molar-refractivity contribution >= 4 is 23.9 Å². The van der Waals surface area contributed by atoms with Crippen molar-refractivity contribution < 1.29 is 49.8 Å². The maximum Gasteiger partial charge on any atom is 0.335 e. The van der Waals surface area contributed by atoms with Crippen LogP contribution in [0.4, 0.5) is 0 Å². The lowest BCUT2D eigenvalue weighted by molar-refractivity contribution is -0.139. The summed E-state index contributed by atoms with van der Waals surface area (Å²) in [6, 6.07) is 5.02. The SMILES string of the molecule is CCCC(O)O.O=C(O)CCCCC(=O)O.O=C(O)c1ccc(C(=O)O)cc1. The van der Waals surface area contributed by atoms with Crippen LogP contribution in [0.15, 0.2) is 24.3 Å². The number of carboxylic acid groups (broad SMARTS) is 4. The molecule has 0 atom stereocenters. The van der Waals surface area contributed by atoms with E-state index in [0.717, 1.165) is 6.42 Å². The summed E-state index contributed by atoms with van der Waals surface area (Å²) in [5.41, 5.74) is 0.167. The van der Waals surface area contributed by atoms with Crippen LogP contribution in [0.5, 0.6) is 0 Å². The summed E-state index contributed by atoms with van der Waals surface area (Å²) in [5, 5.41) is 49.4. The predicted octanol–water partition coefficient (Wildman–Crippen LogP) is 1.90. The number of unbranched alkanes of at least 4 members (excludes halogenated alkanes) is 1. The van der Waals surface area contributed by atoms with E-state index in [4.69, 9.17) is 30.6 Å². The third-order valence-electron chi connectivity index (χ3n) is 2.96. The van der Waals surface area contributed by atoms with Crippen molar-refractivity contribution in [1.29, 1.82) is 0 Å². The smallest absolute Gasteiger partial charge is 0.335 e. The number of carbonyl (C=O) groups is 4. The molecule has 0 aliphatic rings. The lowest BCUT2D eigenvalue weighted by Gasteiger charge is -1.94. The molecule has 0 aliphatic carbocycles. The second kappa shape index (κ2) is 16.2. The van der Waals surface area contributed by atoms with Crippen molar-refractivity contribution in [3.63, 3.8) is 0 Å². The average molecular weight is 402 g/mol. The summed E-state index contributed by atoms with van der Waals surface area (Å²) in [7, 11) is 0. The maximum absolute atomic E-state index is 10.3. The second-order valence-corrected chi connectivity index (χ2v) is 5.45. The minimum absolute atomic E-state index is 0.0628. The van der Waals surface area contributed by atoms with E-state index in [2.05, 4.69) is 0 Å². The number of benzene rings is 1. The molecule has 0 fully saturated rings. The van der Waals surface area contributed by atoms with Crippen molar-refractivity contribution in [3.05, 3.63) is 35.4 Å². The van der Waals surface area contributed by atoms with Crippen LogP contribution in [-0.2, 0) is 9.59 Å². The molecule has 1 aromatic carbocycles. The Bertz CT molecular complexity index is 558. The van der Waals surface area contributed by atoms with Gasteiger partial charge in [0.25, 0.3) is 0 Å². The van der Waals surface area contributed by atoms with Crippen LogP contribution >= 0.6 is 0 Å². The van der Waals surface area contributed by atoms with Gasteiger partial charge >= 0.3 is 23.9 Å². The Morgan fingerprint density at radius 2 is 1.07 bits per heavy atom. The molecule has 0 spiro atoms. The van der Waals surface area contributed by atoms with Gasteiger partial charge in [0, 0.05) is 12.8 Å². The zero-order chi connectivity index (χ0) is 22.1. The molecule has 1 aromatic rings. The standard InChI is InChI=1S/C8H6O4.C6H10O4.C4H10O2/c9-7(10)5-1-2-6(4-3-5)8(11)12;7-5(8)3-1-2-4-6(9)10;1-2-3-4(5)6/h1-4H,(H,9,10)(H,11,12);1-4H2,(H,7,8)(H,9,10);4-6H,2-3H2,1H3. The van der Waals surface area contributed by atoms with E-state index < -0.39 is 30.2 Å². The second-order valence-electron chi connectivity index (χ2n) is 5.45. The number of hydrogen-bond acceptors (Lipinski definition) is 6. The molecule has 6 N–H and O–H groups in total. The molecule has 0 radical (unpaired) electrons. The zero-order valence-electron chi connectivity index (χ0n) is 15.4. The fourth-order valence-corrected chi connectivity index (χ4v) is 1.57. The Morgan fingerprint density at radius 3 is 1.21 bits per heavy atom. The Balaban J connectivity index is 0. The average Bonchev–Trinajstić information content (AvgIpc) is 2.59. The number of aliphatic hydroxyl groups excluding tert-OH is 1. The van der Waals surface area contributed by atoms with E-state index in [1.165, 1.54) is 24.3 Å². The van der Waals surface area contributed by atoms with E-state index in [1.807, 2.05) is 6.92 Å². The third kappa shape index (κ3) is 17.8. The van der Waals surface area contributed by atoms with Gasteiger partial charge in [0.2, 0.25) is 0 Å². The van der Waals surface area contributed by atoms with Gasteiger partial charge in [0.15, 0.2) is 6.29 Å². The van der Waals surface area contributed by atoms with Crippen molar-refractivity contribution in [1.82, 2.24) is 0 Å². The van der Waals surface area contributed by atoms with Crippen LogP contribution in [0.2, 0.25) is 0 Å². The zero-order valence-corrected chi connectivity index (χ0v) is 15.4. The molecule has 0 saturated carbocycles. The first-order valence-electron chi connectivity index (χ1n) is 8.37. The summed E-state index contributed by atoms with van der Waals surface area (Å²) in [5.74, 6) is -3.87. The van der Waals surface area contributed by atoms with Crippen molar-refractivity contribution in [3.8, 4) is 0 Å². The monoisotopic (exact) mass is 402 g/mol. The number of rotatable bonds is 9. The van der Waals surface area contributed by atoms with E-state index in [1.54, 1.807) is 0 Å². The summed E-state index contributed by atoms with van der Waals surface area (Å²) in [6.07, 6.45) is 1.23. The first-order valence-corrected chi connectivity index (χ1v) is 8.37. The predicted molar refractivity (Wildman–Crippen MR) is 97.2 cm³/mol. The molecule has 10 nitrogen and oxygen atoms in total. The quantitative estimate of drug-likeness (QED) is 0.263. The minimum Gasteiger partial charge on any atom is -0.481 e. The summed E-state index contributed by atoms with van der Waals surface area (Å²) >= 11 is 0. The molecular weight excluding hydrogens is 376 g/mol. The Kier molecular flexibility index (Phi) is 15.8. The lowest BCUT2D eigenvalue weighted by atomic mass is 10.1. The fourth-order valence-electron chi connectivity index (χ4n) is 1.57. The number of aromatic carboxylic acids is 2. The molecular formula is C18H26O10. The van der Waals surface area contributed by atoms with Crippen LogP contribution < -0.4 is 0 Å². The van der Waals surface area contributed by atoms with E-state index >= 15 is 0 Å². The molecule has 10 heteroatoms. The summed E-state index contributed by atoms with van der Waals surface area (Å²) in [6.45, 7) is 1.90. The Hall–Kier alpha value is -2.98. The lowest BCUT2D eigenvalue weighted by Crippen LogP contribution is -2.01. The number of hydrogen-bond donors (Lipinski definition) is 6. The maximum atomic E-state index is 10.3. The van der Waals surface area contributed by atoms with Crippen LogP contribution in [0, 0.1) is 0 Å². The highest BCUT2D eigenvalue weighted by molar-refractivity contribution is 5.91. The summed E-state index contributed by atoms with van der Waals surface area (Å²) in [4.78, 5) is 40.5. The number of carboxylic acids is 4.